The van der Waals surface area contributed by atoms with Crippen molar-refractivity contribution in [2.45, 2.75) is 0 Å². The van der Waals surface area contributed by atoms with E-state index in [0.29, 0.717) is 0 Å². The van der Waals surface area contributed by atoms with E-state index in [0.717, 1.165) is 26.3 Å². The van der Waals surface area contributed by atoms with Gasteiger partial charge in [0.05, 0.1) is 24.1 Å². The molecule has 0 spiro atoms. The predicted molar refractivity (Wildman–Crippen MR) is 67.9 cm³/mol. The fraction of sp³-hybridized carbons (Fsp3) is 0.167. The molecular formula is C12H11ClO2S. The van der Waals surface area contributed by atoms with Crippen LogP contribution >= 0.6 is 22.9 Å². The molecule has 0 aliphatic carbocycles. The summed E-state index contributed by atoms with van der Waals surface area (Å²) in [6, 6.07) is 9.55. The van der Waals surface area contributed by atoms with Crippen molar-refractivity contribution in [1.82, 2.24) is 0 Å². The second-order valence-corrected chi connectivity index (χ2v) is 4.86. The third-order valence-corrected chi connectivity index (χ3v) is 3.50. The lowest BCUT2D eigenvalue weighted by Crippen LogP contribution is -1.91. The van der Waals surface area contributed by atoms with E-state index in [4.69, 9.17) is 21.1 Å². The molecule has 1 aromatic heterocycles. The average Bonchev–Trinajstić information content (AvgIpc) is 2.74. The van der Waals surface area contributed by atoms with Crippen molar-refractivity contribution in [3.05, 3.63) is 34.7 Å². The van der Waals surface area contributed by atoms with Crippen LogP contribution in [-0.4, -0.2) is 14.2 Å². The first-order chi connectivity index (χ1) is 7.76. The summed E-state index contributed by atoms with van der Waals surface area (Å²) in [5.74, 6) is 1.58. The summed E-state index contributed by atoms with van der Waals surface area (Å²) in [6.45, 7) is 0. The summed E-state index contributed by atoms with van der Waals surface area (Å²) >= 11 is 7.44. The average molecular weight is 255 g/mol. The Bertz CT molecular complexity index is 471. The van der Waals surface area contributed by atoms with Gasteiger partial charge in [-0.3, -0.25) is 0 Å². The minimum atomic E-state index is 0.753. The summed E-state index contributed by atoms with van der Waals surface area (Å²) in [5.41, 5.74) is 0.949. The zero-order valence-electron chi connectivity index (χ0n) is 8.99. The Labute approximate surface area is 103 Å². The Morgan fingerprint density at radius 1 is 1.00 bits per heavy atom. The van der Waals surface area contributed by atoms with Gasteiger partial charge >= 0.3 is 0 Å². The number of benzene rings is 1. The van der Waals surface area contributed by atoms with E-state index in [1.165, 1.54) is 11.3 Å². The van der Waals surface area contributed by atoms with Gasteiger partial charge in [0, 0.05) is 4.88 Å². The summed E-state index contributed by atoms with van der Waals surface area (Å²) < 4.78 is 11.4. The van der Waals surface area contributed by atoms with E-state index in [-0.39, 0.29) is 0 Å². The van der Waals surface area contributed by atoms with Crippen LogP contribution in [-0.2, 0) is 0 Å². The fourth-order valence-corrected chi connectivity index (χ4v) is 2.64. The highest BCUT2D eigenvalue weighted by atomic mass is 35.5. The van der Waals surface area contributed by atoms with Gasteiger partial charge in [-0.15, -0.1) is 11.3 Å². The van der Waals surface area contributed by atoms with E-state index >= 15 is 0 Å². The Balaban J connectivity index is 2.60. The molecule has 0 atom stereocenters. The predicted octanol–water partition coefficient (Wildman–Crippen LogP) is 4.09. The first-order valence-corrected chi connectivity index (χ1v) is 5.92. The molecule has 0 aliphatic heterocycles. The maximum absolute atomic E-state index is 5.94. The second-order valence-electron chi connectivity index (χ2n) is 3.14. The van der Waals surface area contributed by atoms with Crippen molar-refractivity contribution in [2.75, 3.05) is 14.2 Å². The standard InChI is InChI=1S/C12H11ClO2S/c1-14-8-4-3-5-9(15-2)12(8)10-6-7-11(13)16-10/h3-7H,1-2H3. The number of thiophene rings is 1. The molecule has 16 heavy (non-hydrogen) atoms. The molecule has 1 heterocycles. The minimum absolute atomic E-state index is 0.753. The maximum atomic E-state index is 5.94. The van der Waals surface area contributed by atoms with Gasteiger partial charge in [-0.05, 0) is 24.3 Å². The number of hydrogen-bond donors (Lipinski definition) is 0. The van der Waals surface area contributed by atoms with E-state index in [9.17, 15) is 0 Å². The molecule has 4 heteroatoms. The molecule has 0 bridgehead atoms. The van der Waals surface area contributed by atoms with Crippen molar-refractivity contribution in [2.24, 2.45) is 0 Å². The van der Waals surface area contributed by atoms with Gasteiger partial charge in [0.25, 0.3) is 0 Å². The quantitative estimate of drug-likeness (QED) is 0.822. The van der Waals surface area contributed by atoms with Crippen LogP contribution in [0.15, 0.2) is 30.3 Å². The third-order valence-electron chi connectivity index (χ3n) is 2.25. The zero-order chi connectivity index (χ0) is 11.5. The lowest BCUT2D eigenvalue weighted by atomic mass is 10.1. The van der Waals surface area contributed by atoms with Crippen LogP contribution in [0.2, 0.25) is 4.34 Å². The monoisotopic (exact) mass is 254 g/mol. The van der Waals surface area contributed by atoms with Gasteiger partial charge in [-0.25, -0.2) is 0 Å². The topological polar surface area (TPSA) is 18.5 Å². The molecule has 1 aromatic carbocycles. The molecule has 0 fully saturated rings. The maximum Gasteiger partial charge on any atom is 0.131 e. The SMILES string of the molecule is COc1cccc(OC)c1-c1ccc(Cl)s1. The summed E-state index contributed by atoms with van der Waals surface area (Å²) in [4.78, 5) is 1.04. The van der Waals surface area contributed by atoms with Crippen LogP contribution in [0.3, 0.4) is 0 Å². The van der Waals surface area contributed by atoms with Gasteiger partial charge in [-0.1, -0.05) is 17.7 Å². The molecular weight excluding hydrogens is 244 g/mol. The number of hydrogen-bond acceptors (Lipinski definition) is 3. The van der Waals surface area contributed by atoms with E-state index in [1.54, 1.807) is 14.2 Å². The largest absolute Gasteiger partial charge is 0.496 e. The van der Waals surface area contributed by atoms with Crippen LogP contribution in [0, 0.1) is 0 Å². The number of rotatable bonds is 3. The van der Waals surface area contributed by atoms with Gasteiger partial charge in [-0.2, -0.15) is 0 Å². The Hall–Kier alpha value is -1.19. The van der Waals surface area contributed by atoms with Crippen molar-refractivity contribution >= 4 is 22.9 Å². The van der Waals surface area contributed by atoms with Crippen molar-refractivity contribution < 1.29 is 9.47 Å². The zero-order valence-corrected chi connectivity index (χ0v) is 10.6. The van der Waals surface area contributed by atoms with Crippen LogP contribution in [0.4, 0.5) is 0 Å². The molecule has 0 amide bonds. The molecule has 0 unspecified atom stereocenters. The highest BCUT2D eigenvalue weighted by Crippen LogP contribution is 2.42. The number of methoxy groups -OCH3 is 2. The Kier molecular flexibility index (Phi) is 3.36. The first kappa shape index (κ1) is 11.3. The summed E-state index contributed by atoms with van der Waals surface area (Å²) in [7, 11) is 3.29. The van der Waals surface area contributed by atoms with Gasteiger partial charge < -0.3 is 9.47 Å². The first-order valence-electron chi connectivity index (χ1n) is 4.73. The molecule has 84 valence electrons. The Morgan fingerprint density at radius 2 is 1.62 bits per heavy atom. The normalized spacial score (nSPS) is 10.2. The molecule has 0 saturated carbocycles. The van der Waals surface area contributed by atoms with Crippen molar-refractivity contribution in [3.63, 3.8) is 0 Å². The van der Waals surface area contributed by atoms with Gasteiger partial charge in [0.2, 0.25) is 0 Å². The van der Waals surface area contributed by atoms with Crippen LogP contribution < -0.4 is 9.47 Å². The number of ether oxygens (including phenoxy) is 2. The highest BCUT2D eigenvalue weighted by Gasteiger charge is 2.13. The molecule has 2 aromatic rings. The van der Waals surface area contributed by atoms with Crippen molar-refractivity contribution in [3.8, 4) is 21.9 Å². The summed E-state index contributed by atoms with van der Waals surface area (Å²) in [5, 5.41) is 0. The smallest absolute Gasteiger partial charge is 0.131 e. The lowest BCUT2D eigenvalue weighted by molar-refractivity contribution is 0.397. The number of halogens is 1. The summed E-state index contributed by atoms with van der Waals surface area (Å²) in [6.07, 6.45) is 0. The van der Waals surface area contributed by atoms with Crippen LogP contribution in [0.25, 0.3) is 10.4 Å². The molecule has 0 N–H and O–H groups in total. The molecule has 0 saturated heterocycles. The minimum Gasteiger partial charge on any atom is -0.496 e. The fourth-order valence-electron chi connectivity index (χ4n) is 1.54. The third kappa shape index (κ3) is 2.01. The van der Waals surface area contributed by atoms with Crippen LogP contribution in [0.5, 0.6) is 11.5 Å². The molecule has 0 radical (unpaired) electrons. The van der Waals surface area contributed by atoms with E-state index in [2.05, 4.69) is 0 Å². The van der Waals surface area contributed by atoms with Crippen molar-refractivity contribution in [1.29, 1.82) is 0 Å². The highest BCUT2D eigenvalue weighted by molar-refractivity contribution is 7.19. The Morgan fingerprint density at radius 3 is 2.06 bits per heavy atom. The van der Waals surface area contributed by atoms with E-state index in [1.807, 2.05) is 30.3 Å². The molecule has 2 nitrogen and oxygen atoms in total. The van der Waals surface area contributed by atoms with Gasteiger partial charge in [0.15, 0.2) is 0 Å². The lowest BCUT2D eigenvalue weighted by Gasteiger charge is -2.11. The van der Waals surface area contributed by atoms with E-state index < -0.39 is 0 Å². The van der Waals surface area contributed by atoms with Crippen LogP contribution in [0.1, 0.15) is 0 Å². The molecule has 2 rings (SSSR count). The van der Waals surface area contributed by atoms with Gasteiger partial charge in [0.1, 0.15) is 11.5 Å². The molecule has 0 aliphatic rings. The second kappa shape index (κ2) is 4.76.